The van der Waals surface area contributed by atoms with Crippen LogP contribution in [0.2, 0.25) is 0 Å². The lowest BCUT2D eigenvalue weighted by Gasteiger charge is -2.34. The average Bonchev–Trinajstić information content (AvgIpc) is 3.05. The number of anilines is 1. The Hall–Kier alpha value is -1.73. The molecule has 3 saturated heterocycles. The number of ether oxygens (including phenoxy) is 2. The normalized spacial score (nSPS) is 30.3. The van der Waals surface area contributed by atoms with Gasteiger partial charge in [0.2, 0.25) is 0 Å². The van der Waals surface area contributed by atoms with Gasteiger partial charge in [-0.15, -0.1) is 5.10 Å². The van der Waals surface area contributed by atoms with Crippen LogP contribution in [-0.2, 0) is 14.3 Å². The molecule has 3 atom stereocenters. The highest BCUT2D eigenvalue weighted by molar-refractivity contribution is 5.81. The Balaban J connectivity index is 1.38. The fourth-order valence-electron chi connectivity index (χ4n) is 3.85. The lowest BCUT2D eigenvalue weighted by atomic mass is 9.91. The minimum atomic E-state index is -0.290. The van der Waals surface area contributed by atoms with Crippen molar-refractivity contribution in [3.63, 3.8) is 0 Å². The van der Waals surface area contributed by atoms with Gasteiger partial charge in [-0.25, -0.2) is 0 Å². The number of morpholine rings is 1. The van der Waals surface area contributed by atoms with Crippen molar-refractivity contribution in [2.45, 2.75) is 32.0 Å². The summed E-state index contributed by atoms with van der Waals surface area (Å²) < 4.78 is 11.5. The quantitative estimate of drug-likeness (QED) is 0.791. The second-order valence-corrected chi connectivity index (χ2v) is 6.86. The van der Waals surface area contributed by atoms with Gasteiger partial charge in [-0.05, 0) is 37.8 Å². The summed E-state index contributed by atoms with van der Waals surface area (Å²) >= 11 is 0. The maximum atomic E-state index is 12.6. The predicted octanol–water partition coefficient (Wildman–Crippen LogP) is 0.628. The number of hydrogen-bond acceptors (Lipinski definition) is 6. The molecular weight excluding hydrogens is 308 g/mol. The third-order valence-corrected chi connectivity index (χ3v) is 5.26. The number of carbonyl (C=O) groups is 1. The van der Waals surface area contributed by atoms with Crippen LogP contribution in [0, 0.1) is 12.8 Å². The highest BCUT2D eigenvalue weighted by Gasteiger charge is 2.43. The molecule has 0 saturated carbocycles. The molecule has 3 aliphatic heterocycles. The first kappa shape index (κ1) is 15.8. The van der Waals surface area contributed by atoms with Crippen LogP contribution in [0.5, 0.6) is 0 Å². The third-order valence-electron chi connectivity index (χ3n) is 5.26. The number of piperidine rings is 1. The fourth-order valence-corrected chi connectivity index (χ4v) is 3.85. The molecule has 1 aromatic rings. The molecule has 24 heavy (non-hydrogen) atoms. The van der Waals surface area contributed by atoms with E-state index in [9.17, 15) is 4.79 Å². The Morgan fingerprint density at radius 2 is 2.04 bits per heavy atom. The molecule has 7 heteroatoms. The number of fused-ring (bicyclic) bond motifs is 1. The molecule has 3 aliphatic rings. The van der Waals surface area contributed by atoms with Crippen molar-refractivity contribution in [3.8, 4) is 0 Å². The van der Waals surface area contributed by atoms with Gasteiger partial charge in [-0.3, -0.25) is 4.79 Å². The molecule has 0 radical (unpaired) electrons. The molecule has 0 N–H and O–H groups in total. The molecule has 1 amide bonds. The standard InChI is InChI=1S/C17H24N4O3/c1-12-2-3-16(19-18-12)21-5-4-13-10-14(24-15(13)11-21)17(22)20-6-8-23-9-7-20/h2-3,13-15H,4-11H2,1H3/t13-,14+,15-/m0/s1. The molecule has 4 heterocycles. The summed E-state index contributed by atoms with van der Waals surface area (Å²) in [6.07, 6.45) is 1.69. The molecule has 7 nitrogen and oxygen atoms in total. The molecule has 0 unspecified atom stereocenters. The van der Waals surface area contributed by atoms with Gasteiger partial charge < -0.3 is 19.3 Å². The summed E-state index contributed by atoms with van der Waals surface area (Å²) in [6.45, 7) is 6.29. The Morgan fingerprint density at radius 3 is 2.79 bits per heavy atom. The smallest absolute Gasteiger partial charge is 0.251 e. The highest BCUT2D eigenvalue weighted by atomic mass is 16.5. The second kappa shape index (κ2) is 6.64. The van der Waals surface area contributed by atoms with Gasteiger partial charge in [0.05, 0.1) is 25.0 Å². The zero-order valence-corrected chi connectivity index (χ0v) is 14.1. The average molecular weight is 332 g/mol. The van der Waals surface area contributed by atoms with E-state index in [4.69, 9.17) is 9.47 Å². The summed E-state index contributed by atoms with van der Waals surface area (Å²) in [5.41, 5.74) is 0.918. The first-order chi connectivity index (χ1) is 11.7. The van der Waals surface area contributed by atoms with E-state index in [1.807, 2.05) is 24.0 Å². The van der Waals surface area contributed by atoms with Crippen LogP contribution in [-0.4, -0.2) is 72.6 Å². The molecule has 130 valence electrons. The van der Waals surface area contributed by atoms with Crippen molar-refractivity contribution in [1.29, 1.82) is 0 Å². The van der Waals surface area contributed by atoms with Crippen molar-refractivity contribution < 1.29 is 14.3 Å². The first-order valence-corrected chi connectivity index (χ1v) is 8.78. The van der Waals surface area contributed by atoms with Crippen LogP contribution in [0.25, 0.3) is 0 Å². The van der Waals surface area contributed by atoms with Crippen LogP contribution in [0.15, 0.2) is 12.1 Å². The minimum Gasteiger partial charge on any atom is -0.378 e. The molecule has 0 bridgehead atoms. The molecule has 0 spiro atoms. The van der Waals surface area contributed by atoms with Gasteiger partial charge in [-0.1, -0.05) is 0 Å². The predicted molar refractivity (Wildman–Crippen MR) is 87.8 cm³/mol. The largest absolute Gasteiger partial charge is 0.378 e. The van der Waals surface area contributed by atoms with Gasteiger partial charge in [0.25, 0.3) is 5.91 Å². The van der Waals surface area contributed by atoms with Gasteiger partial charge >= 0.3 is 0 Å². The zero-order valence-electron chi connectivity index (χ0n) is 14.1. The number of carbonyl (C=O) groups excluding carboxylic acids is 1. The molecule has 0 aliphatic carbocycles. The molecule has 4 rings (SSSR count). The number of hydrogen-bond donors (Lipinski definition) is 0. The Kier molecular flexibility index (Phi) is 4.37. The maximum Gasteiger partial charge on any atom is 0.251 e. The van der Waals surface area contributed by atoms with E-state index < -0.39 is 0 Å². The summed E-state index contributed by atoms with van der Waals surface area (Å²) in [5, 5.41) is 8.41. The number of aromatic nitrogens is 2. The third kappa shape index (κ3) is 3.10. The van der Waals surface area contributed by atoms with E-state index in [-0.39, 0.29) is 18.1 Å². The van der Waals surface area contributed by atoms with Crippen LogP contribution in [0.1, 0.15) is 18.5 Å². The van der Waals surface area contributed by atoms with Crippen LogP contribution in [0.4, 0.5) is 5.82 Å². The zero-order chi connectivity index (χ0) is 16.5. The summed E-state index contributed by atoms with van der Waals surface area (Å²) in [7, 11) is 0. The summed E-state index contributed by atoms with van der Waals surface area (Å²) in [4.78, 5) is 16.7. The van der Waals surface area contributed by atoms with Crippen LogP contribution >= 0.6 is 0 Å². The fraction of sp³-hybridized carbons (Fsp3) is 0.706. The summed E-state index contributed by atoms with van der Waals surface area (Å²) in [5.74, 6) is 1.50. The highest BCUT2D eigenvalue weighted by Crippen LogP contribution is 2.35. The Morgan fingerprint density at radius 1 is 1.21 bits per heavy atom. The minimum absolute atomic E-state index is 0.108. The lowest BCUT2D eigenvalue weighted by Crippen LogP contribution is -2.46. The lowest BCUT2D eigenvalue weighted by molar-refractivity contribution is -0.146. The van der Waals surface area contributed by atoms with Crippen molar-refractivity contribution in [2.75, 3.05) is 44.3 Å². The molecular formula is C17H24N4O3. The topological polar surface area (TPSA) is 67.8 Å². The first-order valence-electron chi connectivity index (χ1n) is 8.78. The van der Waals surface area contributed by atoms with Crippen LogP contribution < -0.4 is 4.90 Å². The molecule has 3 fully saturated rings. The number of amides is 1. The van der Waals surface area contributed by atoms with Gasteiger partial charge in [0, 0.05) is 26.2 Å². The maximum absolute atomic E-state index is 12.6. The van der Waals surface area contributed by atoms with E-state index in [1.54, 1.807) is 0 Å². The summed E-state index contributed by atoms with van der Waals surface area (Å²) in [6, 6.07) is 3.99. The van der Waals surface area contributed by atoms with Crippen molar-refractivity contribution >= 4 is 11.7 Å². The molecule has 0 aromatic carbocycles. The second-order valence-electron chi connectivity index (χ2n) is 6.86. The Labute approximate surface area is 141 Å². The van der Waals surface area contributed by atoms with Gasteiger partial charge in [0.1, 0.15) is 6.10 Å². The van der Waals surface area contributed by atoms with Crippen LogP contribution in [0.3, 0.4) is 0 Å². The van der Waals surface area contributed by atoms with E-state index in [1.165, 1.54) is 0 Å². The van der Waals surface area contributed by atoms with E-state index in [2.05, 4.69) is 15.1 Å². The van der Waals surface area contributed by atoms with E-state index in [0.717, 1.165) is 37.4 Å². The van der Waals surface area contributed by atoms with E-state index in [0.29, 0.717) is 32.2 Å². The van der Waals surface area contributed by atoms with Crippen molar-refractivity contribution in [2.24, 2.45) is 5.92 Å². The number of nitrogens with zero attached hydrogens (tertiary/aromatic N) is 4. The molecule has 1 aromatic heterocycles. The Bertz CT molecular complexity index is 588. The number of rotatable bonds is 2. The van der Waals surface area contributed by atoms with Gasteiger partial charge in [-0.2, -0.15) is 5.10 Å². The monoisotopic (exact) mass is 332 g/mol. The van der Waals surface area contributed by atoms with Crippen molar-refractivity contribution in [1.82, 2.24) is 15.1 Å². The van der Waals surface area contributed by atoms with Gasteiger partial charge in [0.15, 0.2) is 5.82 Å². The number of aryl methyl sites for hydroxylation is 1. The van der Waals surface area contributed by atoms with E-state index >= 15 is 0 Å². The SMILES string of the molecule is Cc1ccc(N2CC[C@H]3C[C@H](C(=O)N4CCOCC4)O[C@H]3C2)nn1. The van der Waals surface area contributed by atoms with Crippen molar-refractivity contribution in [3.05, 3.63) is 17.8 Å².